The molecule has 1 aromatic heterocycles. The molecule has 0 bridgehead atoms. The van der Waals surface area contributed by atoms with Gasteiger partial charge in [0.1, 0.15) is 0 Å². The summed E-state index contributed by atoms with van der Waals surface area (Å²) in [5.41, 5.74) is 2.18. The number of hydrogen-bond donors (Lipinski definition) is 0. The maximum Gasteiger partial charge on any atom is 0.238 e. The summed E-state index contributed by atoms with van der Waals surface area (Å²) in [6, 6.07) is 11.8. The number of nitrogens with zero attached hydrogens (tertiary/aromatic N) is 2. The molecule has 1 amide bonds. The van der Waals surface area contributed by atoms with Crippen LogP contribution in [0.3, 0.4) is 0 Å². The Labute approximate surface area is 166 Å². The van der Waals surface area contributed by atoms with E-state index in [-0.39, 0.29) is 18.2 Å². The fourth-order valence-electron chi connectivity index (χ4n) is 2.77. The van der Waals surface area contributed by atoms with Crippen molar-refractivity contribution in [2.24, 2.45) is 0 Å². The van der Waals surface area contributed by atoms with Crippen LogP contribution in [-0.2, 0) is 27.9 Å². The van der Waals surface area contributed by atoms with Gasteiger partial charge in [-0.25, -0.2) is 8.42 Å². The average Bonchev–Trinajstić information content (AvgIpc) is 3.06. The van der Waals surface area contributed by atoms with Crippen molar-refractivity contribution in [2.75, 3.05) is 18.8 Å². The van der Waals surface area contributed by atoms with Crippen molar-refractivity contribution in [1.29, 1.82) is 0 Å². The molecule has 0 N–H and O–H groups in total. The minimum absolute atomic E-state index is 0.00297. The molecule has 1 heterocycles. The average molecular weight is 409 g/mol. The highest BCUT2D eigenvalue weighted by atomic mass is 32.2. The van der Waals surface area contributed by atoms with Crippen LogP contribution in [0.2, 0.25) is 0 Å². The lowest BCUT2D eigenvalue weighted by Gasteiger charge is -2.27. The quantitative estimate of drug-likeness (QED) is 0.603. The summed E-state index contributed by atoms with van der Waals surface area (Å²) in [5, 5.41) is 2.01. The van der Waals surface area contributed by atoms with Gasteiger partial charge in [-0.3, -0.25) is 4.79 Å². The first kappa shape index (κ1) is 21.6. The van der Waals surface area contributed by atoms with Crippen LogP contribution < -0.4 is 0 Å². The molecule has 148 valence electrons. The van der Waals surface area contributed by atoms with Gasteiger partial charge in [0.15, 0.2) is 0 Å². The van der Waals surface area contributed by atoms with E-state index in [2.05, 4.69) is 0 Å². The second-order valence-electron chi connectivity index (χ2n) is 6.50. The first-order valence-corrected chi connectivity index (χ1v) is 11.7. The van der Waals surface area contributed by atoms with Crippen LogP contribution in [0.4, 0.5) is 0 Å². The Hall–Kier alpha value is -1.70. The van der Waals surface area contributed by atoms with E-state index in [0.29, 0.717) is 26.1 Å². The first-order valence-electron chi connectivity index (χ1n) is 9.19. The zero-order chi connectivity index (χ0) is 19.9. The maximum absolute atomic E-state index is 13.1. The Kier molecular flexibility index (Phi) is 8.01. The largest absolute Gasteiger partial charge is 0.332 e. The molecule has 2 rings (SSSR count). The lowest BCUT2D eigenvalue weighted by molar-refractivity contribution is -0.132. The Morgan fingerprint density at radius 1 is 1.07 bits per heavy atom. The van der Waals surface area contributed by atoms with Gasteiger partial charge < -0.3 is 4.90 Å². The topological polar surface area (TPSA) is 57.7 Å². The fraction of sp³-hybridized carbons (Fsp3) is 0.450. The zero-order valence-electron chi connectivity index (χ0n) is 16.2. The molecule has 2 aromatic rings. The van der Waals surface area contributed by atoms with E-state index in [1.165, 1.54) is 4.31 Å². The summed E-state index contributed by atoms with van der Waals surface area (Å²) in [4.78, 5) is 15.9. The van der Waals surface area contributed by atoms with E-state index >= 15 is 0 Å². The van der Waals surface area contributed by atoms with E-state index in [0.717, 1.165) is 16.0 Å². The number of amides is 1. The summed E-state index contributed by atoms with van der Waals surface area (Å²) < 4.78 is 26.0. The first-order chi connectivity index (χ1) is 12.9. The molecule has 0 radical (unpaired) electrons. The van der Waals surface area contributed by atoms with Gasteiger partial charge in [-0.05, 0) is 42.8 Å². The predicted molar refractivity (Wildman–Crippen MR) is 111 cm³/mol. The number of sulfonamides is 1. The monoisotopic (exact) mass is 408 g/mol. The SMILES string of the molecule is CCCN(CC(=O)N(Cc1ccccc1)Cc1sccc1C)S(=O)(=O)CC. The standard InChI is InChI=1S/C20H28N2O3S2/c1-4-12-22(27(24,25)5-2)16-20(23)21(14-18-9-7-6-8-10-18)15-19-17(3)11-13-26-19/h6-11,13H,4-5,12,14-16H2,1-3H3. The number of aryl methyl sites for hydroxylation is 1. The minimum Gasteiger partial charge on any atom is -0.332 e. The van der Waals surface area contributed by atoms with Crippen LogP contribution in [0.1, 0.15) is 36.3 Å². The lowest BCUT2D eigenvalue weighted by atomic mass is 10.2. The van der Waals surface area contributed by atoms with E-state index in [1.807, 2.05) is 55.6 Å². The van der Waals surface area contributed by atoms with E-state index < -0.39 is 10.0 Å². The molecule has 0 spiro atoms. The normalized spacial score (nSPS) is 11.7. The van der Waals surface area contributed by atoms with Crippen LogP contribution in [0, 0.1) is 6.92 Å². The molecular weight excluding hydrogens is 380 g/mol. The number of rotatable bonds is 10. The Balaban J connectivity index is 2.22. The smallest absolute Gasteiger partial charge is 0.238 e. The number of carbonyl (C=O) groups is 1. The van der Waals surface area contributed by atoms with Crippen molar-refractivity contribution in [1.82, 2.24) is 9.21 Å². The molecule has 0 aliphatic heterocycles. The number of benzene rings is 1. The third-order valence-corrected chi connectivity index (χ3v) is 7.25. The Bertz CT molecular complexity index is 832. The second-order valence-corrected chi connectivity index (χ2v) is 9.75. The molecule has 0 saturated carbocycles. The summed E-state index contributed by atoms with van der Waals surface area (Å²) in [6.07, 6.45) is 0.676. The summed E-state index contributed by atoms with van der Waals surface area (Å²) in [6.45, 7) is 6.76. The maximum atomic E-state index is 13.1. The number of carbonyl (C=O) groups excluding carboxylic acids is 1. The van der Waals surface area contributed by atoms with Gasteiger partial charge in [0.25, 0.3) is 0 Å². The van der Waals surface area contributed by atoms with Gasteiger partial charge in [-0.2, -0.15) is 4.31 Å². The van der Waals surface area contributed by atoms with Crippen molar-refractivity contribution in [3.05, 3.63) is 57.8 Å². The Morgan fingerprint density at radius 2 is 1.78 bits per heavy atom. The highest BCUT2D eigenvalue weighted by Crippen LogP contribution is 2.20. The highest BCUT2D eigenvalue weighted by molar-refractivity contribution is 7.89. The van der Waals surface area contributed by atoms with Crippen LogP contribution in [0.15, 0.2) is 41.8 Å². The summed E-state index contributed by atoms with van der Waals surface area (Å²) in [7, 11) is -3.41. The van der Waals surface area contributed by atoms with Crippen molar-refractivity contribution in [3.63, 3.8) is 0 Å². The molecule has 5 nitrogen and oxygen atoms in total. The van der Waals surface area contributed by atoms with Crippen molar-refractivity contribution >= 4 is 27.3 Å². The molecule has 7 heteroatoms. The van der Waals surface area contributed by atoms with Gasteiger partial charge in [0, 0.05) is 18.0 Å². The third kappa shape index (κ3) is 6.16. The lowest BCUT2D eigenvalue weighted by Crippen LogP contribution is -2.43. The number of thiophene rings is 1. The van der Waals surface area contributed by atoms with Crippen molar-refractivity contribution in [3.8, 4) is 0 Å². The fourth-order valence-corrected chi connectivity index (χ4v) is 4.83. The molecule has 0 unspecified atom stereocenters. The van der Waals surface area contributed by atoms with E-state index in [9.17, 15) is 13.2 Å². The Morgan fingerprint density at radius 3 is 2.33 bits per heavy atom. The van der Waals surface area contributed by atoms with Gasteiger partial charge in [0.2, 0.25) is 15.9 Å². The molecular formula is C20H28N2O3S2. The van der Waals surface area contributed by atoms with E-state index in [4.69, 9.17) is 0 Å². The predicted octanol–water partition coefficient (Wildman–Crippen LogP) is 3.65. The van der Waals surface area contributed by atoms with Gasteiger partial charge in [-0.1, -0.05) is 37.3 Å². The van der Waals surface area contributed by atoms with Gasteiger partial charge in [0.05, 0.1) is 18.8 Å². The van der Waals surface area contributed by atoms with Crippen LogP contribution in [-0.4, -0.2) is 42.4 Å². The summed E-state index contributed by atoms with van der Waals surface area (Å²) in [5.74, 6) is -0.166. The third-order valence-electron chi connectivity index (χ3n) is 4.41. The van der Waals surface area contributed by atoms with Crippen LogP contribution in [0.5, 0.6) is 0 Å². The zero-order valence-corrected chi connectivity index (χ0v) is 17.9. The van der Waals surface area contributed by atoms with Gasteiger partial charge >= 0.3 is 0 Å². The molecule has 0 saturated heterocycles. The molecule has 0 fully saturated rings. The van der Waals surface area contributed by atoms with Crippen molar-refractivity contribution in [2.45, 2.75) is 40.3 Å². The molecule has 0 aliphatic rings. The summed E-state index contributed by atoms with van der Waals surface area (Å²) >= 11 is 1.62. The minimum atomic E-state index is -3.41. The molecule has 27 heavy (non-hydrogen) atoms. The second kappa shape index (κ2) is 10.0. The molecule has 0 atom stereocenters. The van der Waals surface area contributed by atoms with Crippen molar-refractivity contribution < 1.29 is 13.2 Å². The van der Waals surface area contributed by atoms with Gasteiger partial charge in [-0.15, -0.1) is 11.3 Å². The molecule has 0 aliphatic carbocycles. The number of hydrogen-bond acceptors (Lipinski definition) is 4. The highest BCUT2D eigenvalue weighted by Gasteiger charge is 2.25. The molecule has 1 aromatic carbocycles. The van der Waals surface area contributed by atoms with E-state index in [1.54, 1.807) is 23.2 Å². The van der Waals surface area contributed by atoms with Crippen LogP contribution in [0.25, 0.3) is 0 Å². The van der Waals surface area contributed by atoms with Crippen LogP contribution >= 0.6 is 11.3 Å².